The van der Waals surface area contributed by atoms with Crippen LogP contribution in [0.1, 0.15) is 21.8 Å². The zero-order valence-corrected chi connectivity index (χ0v) is 14.3. The minimum Gasteiger partial charge on any atom is -0.294 e. The van der Waals surface area contributed by atoms with E-state index in [9.17, 15) is 0 Å². The first-order chi connectivity index (χ1) is 11.8. The summed E-state index contributed by atoms with van der Waals surface area (Å²) in [5.41, 5.74) is 3.74. The largest absolute Gasteiger partial charge is 0.294 e. The number of hydrogen-bond donors (Lipinski definition) is 0. The number of benzene rings is 1. The Hall–Kier alpha value is -2.31. The molecule has 0 aliphatic carbocycles. The second kappa shape index (κ2) is 5.36. The normalized spacial score (nSPS) is 15.2. The van der Waals surface area contributed by atoms with Crippen LogP contribution in [0.3, 0.4) is 0 Å². The van der Waals surface area contributed by atoms with Crippen LogP contribution in [0.2, 0.25) is 0 Å². The molecule has 4 heterocycles. The van der Waals surface area contributed by atoms with E-state index in [-0.39, 0.29) is 0 Å². The Morgan fingerprint density at radius 3 is 2.96 bits per heavy atom. The van der Waals surface area contributed by atoms with Gasteiger partial charge in [0.05, 0.1) is 5.39 Å². The molecule has 0 atom stereocenters. The first-order valence-corrected chi connectivity index (χ1v) is 8.98. The summed E-state index contributed by atoms with van der Waals surface area (Å²) in [5, 5.41) is 5.61. The molecule has 5 rings (SSSR count). The van der Waals surface area contributed by atoms with Gasteiger partial charge >= 0.3 is 0 Å². The first kappa shape index (κ1) is 14.1. The fourth-order valence-electron chi connectivity index (χ4n) is 3.53. The molecule has 0 saturated heterocycles. The van der Waals surface area contributed by atoms with Gasteiger partial charge in [0.1, 0.15) is 17.0 Å². The number of nitrogens with zero attached hydrogens (tertiary/aromatic N) is 5. The Labute approximate surface area is 143 Å². The topological polar surface area (TPSA) is 46.3 Å². The lowest BCUT2D eigenvalue weighted by Crippen LogP contribution is -2.29. The summed E-state index contributed by atoms with van der Waals surface area (Å²) in [6, 6.07) is 10.7. The molecule has 0 radical (unpaired) electrons. The van der Waals surface area contributed by atoms with Crippen LogP contribution in [-0.2, 0) is 19.5 Å². The van der Waals surface area contributed by atoms with Gasteiger partial charge in [-0.1, -0.05) is 30.3 Å². The number of aromatic nitrogens is 4. The average Bonchev–Trinajstić information content (AvgIpc) is 3.14. The number of thiophene rings is 1. The van der Waals surface area contributed by atoms with Gasteiger partial charge in [-0.15, -0.1) is 11.3 Å². The van der Waals surface area contributed by atoms with E-state index < -0.39 is 0 Å². The van der Waals surface area contributed by atoms with Crippen LogP contribution in [0.4, 0.5) is 0 Å². The summed E-state index contributed by atoms with van der Waals surface area (Å²) >= 11 is 1.80. The molecule has 6 heteroatoms. The smallest absolute Gasteiger partial charge is 0.167 e. The average molecular weight is 335 g/mol. The van der Waals surface area contributed by atoms with Crippen LogP contribution in [0.25, 0.3) is 15.9 Å². The third-order valence-electron chi connectivity index (χ3n) is 4.61. The van der Waals surface area contributed by atoms with Crippen LogP contribution in [-0.4, -0.2) is 31.0 Å². The number of aryl methyl sites for hydroxylation is 1. The summed E-state index contributed by atoms with van der Waals surface area (Å²) in [6.07, 6.45) is 2.83. The summed E-state index contributed by atoms with van der Waals surface area (Å²) < 4.78 is 1.81. The SMILES string of the molecule is Cc1nc2c3c4c(sc3ncn2n1)CN(Cc1ccccc1)CC4. The van der Waals surface area contributed by atoms with Crippen molar-refractivity contribution in [2.75, 3.05) is 6.54 Å². The quantitative estimate of drug-likeness (QED) is 0.564. The van der Waals surface area contributed by atoms with E-state index in [0.29, 0.717) is 0 Å². The van der Waals surface area contributed by atoms with E-state index in [1.54, 1.807) is 22.2 Å². The Morgan fingerprint density at radius 2 is 2.08 bits per heavy atom. The first-order valence-electron chi connectivity index (χ1n) is 8.16. The highest BCUT2D eigenvalue weighted by Crippen LogP contribution is 2.36. The molecule has 0 bridgehead atoms. The van der Waals surface area contributed by atoms with E-state index >= 15 is 0 Å². The maximum absolute atomic E-state index is 4.61. The van der Waals surface area contributed by atoms with E-state index in [1.165, 1.54) is 21.4 Å². The lowest BCUT2D eigenvalue weighted by atomic mass is 10.0. The molecule has 0 N–H and O–H groups in total. The van der Waals surface area contributed by atoms with Crippen molar-refractivity contribution in [2.24, 2.45) is 0 Å². The van der Waals surface area contributed by atoms with Gasteiger partial charge in [0.2, 0.25) is 0 Å². The molecular weight excluding hydrogens is 318 g/mol. The van der Waals surface area contributed by atoms with Crippen LogP contribution in [0.15, 0.2) is 36.7 Å². The van der Waals surface area contributed by atoms with Gasteiger partial charge in [0.25, 0.3) is 0 Å². The zero-order chi connectivity index (χ0) is 16.1. The van der Waals surface area contributed by atoms with Crippen molar-refractivity contribution in [2.45, 2.75) is 26.4 Å². The lowest BCUT2D eigenvalue weighted by Gasteiger charge is -2.26. The maximum Gasteiger partial charge on any atom is 0.167 e. The highest BCUT2D eigenvalue weighted by Gasteiger charge is 2.24. The van der Waals surface area contributed by atoms with Crippen molar-refractivity contribution in [3.8, 4) is 0 Å². The summed E-state index contributed by atoms with van der Waals surface area (Å²) in [6.45, 7) is 4.99. The van der Waals surface area contributed by atoms with Crippen molar-refractivity contribution < 1.29 is 0 Å². The maximum atomic E-state index is 4.61. The molecule has 24 heavy (non-hydrogen) atoms. The van der Waals surface area contributed by atoms with Gasteiger partial charge in [-0.2, -0.15) is 5.10 Å². The molecule has 0 fully saturated rings. The molecule has 3 aromatic heterocycles. The second-order valence-corrected chi connectivity index (χ2v) is 7.39. The summed E-state index contributed by atoms with van der Waals surface area (Å²) in [4.78, 5) is 14.2. The Balaban J connectivity index is 1.54. The third kappa shape index (κ3) is 2.22. The van der Waals surface area contributed by atoms with Crippen LogP contribution in [0, 0.1) is 6.92 Å². The molecule has 0 amide bonds. The molecule has 1 aromatic carbocycles. The van der Waals surface area contributed by atoms with Crippen molar-refractivity contribution in [1.82, 2.24) is 24.5 Å². The van der Waals surface area contributed by atoms with Crippen molar-refractivity contribution in [3.63, 3.8) is 0 Å². The van der Waals surface area contributed by atoms with Crippen LogP contribution < -0.4 is 0 Å². The van der Waals surface area contributed by atoms with Gasteiger partial charge in [-0.05, 0) is 24.5 Å². The van der Waals surface area contributed by atoms with Crippen molar-refractivity contribution >= 4 is 27.2 Å². The molecule has 1 aliphatic heterocycles. The minimum atomic E-state index is 0.797. The Bertz CT molecular complexity index is 1030. The van der Waals surface area contributed by atoms with Crippen LogP contribution >= 0.6 is 11.3 Å². The molecule has 0 unspecified atom stereocenters. The number of rotatable bonds is 2. The molecular formula is C18H17N5S. The number of fused-ring (bicyclic) bond motifs is 5. The zero-order valence-electron chi connectivity index (χ0n) is 13.4. The van der Waals surface area contributed by atoms with Crippen molar-refractivity contribution in [1.29, 1.82) is 0 Å². The Kier molecular flexibility index (Phi) is 3.14. The monoisotopic (exact) mass is 335 g/mol. The summed E-state index contributed by atoms with van der Waals surface area (Å²) in [5.74, 6) is 0.797. The Morgan fingerprint density at radius 1 is 1.21 bits per heavy atom. The van der Waals surface area contributed by atoms with Crippen LogP contribution in [0.5, 0.6) is 0 Å². The van der Waals surface area contributed by atoms with E-state index in [2.05, 4.69) is 50.3 Å². The highest BCUT2D eigenvalue weighted by molar-refractivity contribution is 7.19. The fourth-order valence-corrected chi connectivity index (χ4v) is 4.75. The molecule has 5 nitrogen and oxygen atoms in total. The fraction of sp³-hybridized carbons (Fsp3) is 0.278. The van der Waals surface area contributed by atoms with Gasteiger partial charge in [-0.3, -0.25) is 4.90 Å². The molecule has 0 saturated carbocycles. The molecule has 120 valence electrons. The second-order valence-electron chi connectivity index (χ2n) is 6.30. The molecule has 4 aromatic rings. The highest BCUT2D eigenvalue weighted by atomic mass is 32.1. The van der Waals surface area contributed by atoms with Gasteiger partial charge in [-0.25, -0.2) is 14.5 Å². The standard InChI is InChI=1S/C18H17N5S/c1-12-20-17-16-14-7-8-22(9-13-5-3-2-4-6-13)10-15(14)24-18(16)19-11-23(17)21-12/h2-6,11H,7-10H2,1H3. The minimum absolute atomic E-state index is 0.797. The van der Waals surface area contributed by atoms with Gasteiger partial charge in [0.15, 0.2) is 5.65 Å². The molecule has 0 spiro atoms. The predicted molar refractivity (Wildman–Crippen MR) is 95.2 cm³/mol. The lowest BCUT2D eigenvalue weighted by molar-refractivity contribution is 0.249. The molecule has 1 aliphatic rings. The van der Waals surface area contributed by atoms with E-state index in [1.807, 2.05) is 6.92 Å². The summed E-state index contributed by atoms with van der Waals surface area (Å²) in [7, 11) is 0. The van der Waals surface area contributed by atoms with Gasteiger partial charge in [0, 0.05) is 24.5 Å². The third-order valence-corrected chi connectivity index (χ3v) is 5.74. The van der Waals surface area contributed by atoms with E-state index in [4.69, 9.17) is 0 Å². The van der Waals surface area contributed by atoms with Gasteiger partial charge < -0.3 is 0 Å². The number of hydrogen-bond acceptors (Lipinski definition) is 5. The van der Waals surface area contributed by atoms with E-state index in [0.717, 1.165) is 42.4 Å². The predicted octanol–water partition coefficient (Wildman–Crippen LogP) is 3.21. The van der Waals surface area contributed by atoms with Crippen molar-refractivity contribution in [3.05, 3.63) is 58.5 Å².